The van der Waals surface area contributed by atoms with Gasteiger partial charge in [-0.3, -0.25) is 4.79 Å². The van der Waals surface area contributed by atoms with Crippen LogP contribution in [-0.2, 0) is 22.6 Å². The number of aliphatic hydroxyl groups is 1. The molecule has 17 heavy (non-hydrogen) atoms. The third-order valence-corrected chi connectivity index (χ3v) is 2.44. The molecule has 2 rings (SSSR count). The zero-order valence-corrected chi connectivity index (χ0v) is 9.59. The summed E-state index contributed by atoms with van der Waals surface area (Å²) in [5, 5.41) is 13.4. The minimum Gasteiger partial charge on any atom is -0.466 e. The molecule has 5 heteroatoms. The maximum absolute atomic E-state index is 11.3. The van der Waals surface area contributed by atoms with Crippen molar-refractivity contribution >= 4 is 11.5 Å². The topological polar surface area (TPSA) is 63.8 Å². The van der Waals surface area contributed by atoms with Gasteiger partial charge in [-0.1, -0.05) is 6.07 Å². The number of fused-ring (bicyclic) bond motifs is 1. The molecule has 2 aromatic rings. The Bertz CT molecular complexity index is 534. The molecular formula is C12H14N2O3. The van der Waals surface area contributed by atoms with Crippen LogP contribution < -0.4 is 0 Å². The van der Waals surface area contributed by atoms with Crippen molar-refractivity contribution < 1.29 is 14.6 Å². The van der Waals surface area contributed by atoms with Gasteiger partial charge in [-0.05, 0) is 19.1 Å². The number of pyridine rings is 1. The minimum absolute atomic E-state index is 0.0467. The summed E-state index contributed by atoms with van der Waals surface area (Å²) in [5.74, 6) is -0.290. The molecule has 0 fully saturated rings. The molecule has 0 unspecified atom stereocenters. The smallest absolute Gasteiger partial charge is 0.311 e. The van der Waals surface area contributed by atoms with Crippen LogP contribution in [0.3, 0.4) is 0 Å². The van der Waals surface area contributed by atoms with Gasteiger partial charge in [0.1, 0.15) is 0 Å². The second-order valence-electron chi connectivity index (χ2n) is 3.64. The number of esters is 1. The Morgan fingerprint density at radius 3 is 3.12 bits per heavy atom. The Labute approximate surface area is 98.6 Å². The van der Waals surface area contributed by atoms with E-state index in [1.165, 1.54) is 0 Å². The lowest BCUT2D eigenvalue weighted by Gasteiger charge is -1.97. The van der Waals surface area contributed by atoms with E-state index in [1.807, 2.05) is 6.07 Å². The normalized spacial score (nSPS) is 10.7. The number of aliphatic hydroxyl groups excluding tert-OH is 1. The van der Waals surface area contributed by atoms with Gasteiger partial charge in [-0.25, -0.2) is 4.52 Å². The molecule has 2 heterocycles. The van der Waals surface area contributed by atoms with Crippen molar-refractivity contribution in [3.63, 3.8) is 0 Å². The molecule has 1 N–H and O–H groups in total. The maximum Gasteiger partial charge on any atom is 0.311 e. The summed E-state index contributed by atoms with van der Waals surface area (Å²) >= 11 is 0. The molecule has 90 valence electrons. The number of nitrogens with zero attached hydrogens (tertiary/aromatic N) is 2. The van der Waals surface area contributed by atoms with Crippen LogP contribution >= 0.6 is 0 Å². The van der Waals surface area contributed by atoms with E-state index in [4.69, 9.17) is 4.74 Å². The van der Waals surface area contributed by atoms with Gasteiger partial charge in [0.15, 0.2) is 0 Å². The van der Waals surface area contributed by atoms with Crippen molar-refractivity contribution in [3.05, 3.63) is 35.7 Å². The predicted molar refractivity (Wildman–Crippen MR) is 61.5 cm³/mol. The number of carbonyl (C=O) groups excluding carboxylic acids is 1. The monoisotopic (exact) mass is 234 g/mol. The molecular weight excluding hydrogens is 220 g/mol. The van der Waals surface area contributed by atoms with Crippen molar-refractivity contribution in [1.82, 2.24) is 9.61 Å². The zero-order valence-electron chi connectivity index (χ0n) is 9.59. The summed E-state index contributed by atoms with van der Waals surface area (Å²) in [4.78, 5) is 11.3. The molecule has 0 saturated carbocycles. The highest BCUT2D eigenvalue weighted by atomic mass is 16.5. The second kappa shape index (κ2) is 4.97. The quantitative estimate of drug-likeness (QED) is 0.799. The van der Waals surface area contributed by atoms with E-state index in [0.717, 1.165) is 11.1 Å². The molecule has 0 atom stereocenters. The molecule has 0 aliphatic rings. The minimum atomic E-state index is -0.290. The van der Waals surface area contributed by atoms with Gasteiger partial charge < -0.3 is 9.84 Å². The Kier molecular flexibility index (Phi) is 3.39. The lowest BCUT2D eigenvalue weighted by atomic mass is 10.2. The Morgan fingerprint density at radius 2 is 2.41 bits per heavy atom. The standard InChI is InChI=1S/C12H14N2O3/c1-2-17-12(16)7-10-6-11-9(8-15)4-3-5-14(11)13-10/h3-6,15H,2,7-8H2,1H3. The fourth-order valence-corrected chi connectivity index (χ4v) is 1.70. The van der Waals surface area contributed by atoms with Crippen molar-refractivity contribution in [3.8, 4) is 0 Å². The Hall–Kier alpha value is -1.88. The summed E-state index contributed by atoms with van der Waals surface area (Å²) in [6, 6.07) is 5.42. The maximum atomic E-state index is 11.3. The molecule has 0 bridgehead atoms. The summed E-state index contributed by atoms with van der Waals surface area (Å²) < 4.78 is 6.51. The Morgan fingerprint density at radius 1 is 1.59 bits per heavy atom. The molecule has 0 aliphatic carbocycles. The number of rotatable bonds is 4. The molecule has 0 radical (unpaired) electrons. The lowest BCUT2D eigenvalue weighted by Crippen LogP contribution is -2.07. The van der Waals surface area contributed by atoms with E-state index >= 15 is 0 Å². The number of ether oxygens (including phenoxy) is 1. The predicted octanol–water partition coefficient (Wildman–Crippen LogP) is 0.932. The molecule has 0 amide bonds. The fraction of sp³-hybridized carbons (Fsp3) is 0.333. The highest BCUT2D eigenvalue weighted by Gasteiger charge is 2.09. The van der Waals surface area contributed by atoms with Gasteiger partial charge in [-0.2, -0.15) is 5.10 Å². The van der Waals surface area contributed by atoms with Crippen molar-refractivity contribution in [2.75, 3.05) is 6.61 Å². The first-order valence-electron chi connectivity index (χ1n) is 5.47. The SMILES string of the molecule is CCOC(=O)Cc1cc2c(CO)cccn2n1. The number of aromatic nitrogens is 2. The van der Waals surface area contributed by atoms with E-state index in [9.17, 15) is 9.90 Å². The first-order valence-corrected chi connectivity index (χ1v) is 5.47. The highest BCUT2D eigenvalue weighted by Crippen LogP contribution is 2.13. The van der Waals surface area contributed by atoms with Crippen molar-refractivity contribution in [2.24, 2.45) is 0 Å². The summed E-state index contributed by atoms with van der Waals surface area (Å²) in [5.41, 5.74) is 2.24. The summed E-state index contributed by atoms with van der Waals surface area (Å²) in [7, 11) is 0. The van der Waals surface area contributed by atoms with Crippen LogP contribution in [0.15, 0.2) is 24.4 Å². The van der Waals surface area contributed by atoms with Gasteiger partial charge in [0.2, 0.25) is 0 Å². The van der Waals surface area contributed by atoms with E-state index in [0.29, 0.717) is 12.3 Å². The first kappa shape index (κ1) is 11.6. The molecule has 2 aromatic heterocycles. The van der Waals surface area contributed by atoms with Crippen LogP contribution in [0.2, 0.25) is 0 Å². The third kappa shape index (κ3) is 2.45. The summed E-state index contributed by atoms with van der Waals surface area (Å²) in [6.45, 7) is 2.09. The van der Waals surface area contributed by atoms with Crippen molar-refractivity contribution in [2.45, 2.75) is 20.0 Å². The third-order valence-electron chi connectivity index (χ3n) is 2.44. The van der Waals surface area contributed by atoms with Crippen LogP contribution in [0.4, 0.5) is 0 Å². The number of hydrogen-bond acceptors (Lipinski definition) is 4. The van der Waals surface area contributed by atoms with E-state index < -0.39 is 0 Å². The highest BCUT2D eigenvalue weighted by molar-refractivity contribution is 5.72. The van der Waals surface area contributed by atoms with E-state index in [-0.39, 0.29) is 19.0 Å². The van der Waals surface area contributed by atoms with Gasteiger partial charge in [-0.15, -0.1) is 0 Å². The van der Waals surface area contributed by atoms with Crippen LogP contribution in [0.1, 0.15) is 18.2 Å². The molecule has 0 aliphatic heterocycles. The van der Waals surface area contributed by atoms with Gasteiger partial charge >= 0.3 is 5.97 Å². The summed E-state index contributed by atoms with van der Waals surface area (Å²) in [6.07, 6.45) is 1.93. The Balaban J connectivity index is 2.28. The average molecular weight is 234 g/mol. The van der Waals surface area contributed by atoms with Gasteiger partial charge in [0, 0.05) is 11.8 Å². The van der Waals surface area contributed by atoms with Crippen LogP contribution in [-0.4, -0.2) is 27.3 Å². The van der Waals surface area contributed by atoms with Crippen molar-refractivity contribution in [1.29, 1.82) is 0 Å². The molecule has 5 nitrogen and oxygen atoms in total. The van der Waals surface area contributed by atoms with Gasteiger partial charge in [0.25, 0.3) is 0 Å². The number of hydrogen-bond donors (Lipinski definition) is 1. The molecule has 0 spiro atoms. The van der Waals surface area contributed by atoms with E-state index in [1.54, 1.807) is 29.8 Å². The zero-order chi connectivity index (χ0) is 12.3. The van der Waals surface area contributed by atoms with Gasteiger partial charge in [0.05, 0.1) is 30.8 Å². The fourth-order valence-electron chi connectivity index (χ4n) is 1.70. The van der Waals surface area contributed by atoms with Crippen LogP contribution in [0.5, 0.6) is 0 Å². The lowest BCUT2D eigenvalue weighted by molar-refractivity contribution is -0.142. The van der Waals surface area contributed by atoms with E-state index in [2.05, 4.69) is 5.10 Å². The molecule has 0 aromatic carbocycles. The largest absolute Gasteiger partial charge is 0.466 e. The molecule has 0 saturated heterocycles. The average Bonchev–Trinajstić information content (AvgIpc) is 2.70. The van der Waals surface area contributed by atoms with Crippen LogP contribution in [0, 0.1) is 0 Å². The van der Waals surface area contributed by atoms with Crippen LogP contribution in [0.25, 0.3) is 5.52 Å². The first-order chi connectivity index (χ1) is 8.24. The second-order valence-corrected chi connectivity index (χ2v) is 3.64. The number of carbonyl (C=O) groups is 1.